The first-order valence-corrected chi connectivity index (χ1v) is 15.5. The van der Waals surface area contributed by atoms with Crippen LogP contribution in [0.15, 0.2) is 70.5 Å². The van der Waals surface area contributed by atoms with E-state index in [2.05, 4.69) is 10.3 Å². The largest absolute Gasteiger partial charge is 1.00 e. The fraction of sp³-hybridized carbons (Fsp3) is 0.231. The number of amides is 2. The third-order valence-electron chi connectivity index (χ3n) is 5.95. The Morgan fingerprint density at radius 1 is 1.03 bits per heavy atom. The van der Waals surface area contributed by atoms with Gasteiger partial charge in [0.15, 0.2) is 9.84 Å². The van der Waals surface area contributed by atoms with Gasteiger partial charge >= 0.3 is 35.6 Å². The average molecular weight is 599 g/mol. The van der Waals surface area contributed by atoms with Crippen LogP contribution in [-0.2, 0) is 32.7 Å². The van der Waals surface area contributed by atoms with E-state index in [-0.39, 0.29) is 52.3 Å². The monoisotopic (exact) mass is 598 g/mol. The SMILES string of the molecule is CCc1nc2cc(S(C)(=O)=O)c(Cl)cc2n1-c1ccc(CCNC(=O)NS(=O)(=O)c2ccc(C)cc2)cc1.[H-].[Na+]. The molecule has 1 heterocycles. The number of halogens is 1. The number of carbonyl (C=O) groups is 1. The summed E-state index contributed by atoms with van der Waals surface area (Å²) in [7, 11) is -7.45. The zero-order valence-corrected chi connectivity index (χ0v) is 26.4. The molecule has 0 bridgehead atoms. The molecule has 0 aliphatic heterocycles. The second kappa shape index (κ2) is 12.4. The van der Waals surface area contributed by atoms with Gasteiger partial charge in [0.05, 0.1) is 25.8 Å². The minimum Gasteiger partial charge on any atom is -1.00 e. The van der Waals surface area contributed by atoms with Crippen molar-refractivity contribution < 1.29 is 52.6 Å². The molecule has 0 saturated heterocycles. The molecule has 13 heteroatoms. The normalized spacial score (nSPS) is 11.7. The third kappa shape index (κ3) is 7.22. The number of urea groups is 1. The van der Waals surface area contributed by atoms with Crippen LogP contribution in [0, 0.1) is 6.92 Å². The average Bonchev–Trinajstić information content (AvgIpc) is 3.20. The quantitative estimate of drug-likeness (QED) is 0.294. The predicted molar refractivity (Wildman–Crippen MR) is 148 cm³/mol. The Hall–Kier alpha value is -2.41. The minimum atomic E-state index is -3.95. The first-order chi connectivity index (χ1) is 17.9. The van der Waals surface area contributed by atoms with E-state index in [9.17, 15) is 21.6 Å². The fourth-order valence-corrected chi connectivity index (χ4v) is 6.25. The van der Waals surface area contributed by atoms with Gasteiger partial charge in [-0.1, -0.05) is 48.4 Å². The second-order valence-electron chi connectivity index (χ2n) is 8.85. The van der Waals surface area contributed by atoms with Gasteiger partial charge in [0, 0.05) is 24.9 Å². The van der Waals surface area contributed by atoms with Crippen molar-refractivity contribution in [2.75, 3.05) is 12.8 Å². The number of nitrogens with one attached hydrogen (secondary N) is 2. The third-order valence-corrected chi connectivity index (χ3v) is 8.85. The molecule has 39 heavy (non-hydrogen) atoms. The van der Waals surface area contributed by atoms with Crippen LogP contribution in [0.3, 0.4) is 0 Å². The van der Waals surface area contributed by atoms with Crippen LogP contribution in [0.5, 0.6) is 0 Å². The Morgan fingerprint density at radius 3 is 2.26 bits per heavy atom. The summed E-state index contributed by atoms with van der Waals surface area (Å²) in [6.07, 6.45) is 2.21. The molecule has 0 radical (unpaired) electrons. The number of fused-ring (bicyclic) bond motifs is 1. The molecule has 0 aliphatic carbocycles. The molecule has 0 fully saturated rings. The molecule has 4 aromatic rings. The molecule has 0 aliphatic rings. The molecule has 0 saturated carbocycles. The van der Waals surface area contributed by atoms with E-state index in [4.69, 9.17) is 11.6 Å². The molecule has 2 N–H and O–H groups in total. The van der Waals surface area contributed by atoms with E-state index in [0.29, 0.717) is 23.9 Å². The van der Waals surface area contributed by atoms with Crippen molar-refractivity contribution >= 4 is 48.5 Å². The maximum absolute atomic E-state index is 12.4. The Morgan fingerprint density at radius 2 is 1.67 bits per heavy atom. The van der Waals surface area contributed by atoms with Gasteiger partial charge in [-0.2, -0.15) is 0 Å². The summed E-state index contributed by atoms with van der Waals surface area (Å²) < 4.78 is 52.8. The van der Waals surface area contributed by atoms with Gasteiger partial charge in [0.1, 0.15) is 5.82 Å². The van der Waals surface area contributed by atoms with Crippen molar-refractivity contribution in [1.82, 2.24) is 19.6 Å². The van der Waals surface area contributed by atoms with Gasteiger partial charge in [-0.15, -0.1) is 0 Å². The van der Waals surface area contributed by atoms with Crippen LogP contribution >= 0.6 is 11.6 Å². The first-order valence-electron chi connectivity index (χ1n) is 11.8. The zero-order chi connectivity index (χ0) is 27.7. The van der Waals surface area contributed by atoms with Crippen LogP contribution in [0.4, 0.5) is 4.79 Å². The molecule has 3 aromatic carbocycles. The number of benzene rings is 3. The van der Waals surface area contributed by atoms with Gasteiger partial charge in [-0.05, 0) is 55.3 Å². The van der Waals surface area contributed by atoms with Gasteiger partial charge in [-0.3, -0.25) is 4.57 Å². The number of hydrogen-bond acceptors (Lipinski definition) is 6. The van der Waals surface area contributed by atoms with E-state index in [1.807, 2.05) is 47.4 Å². The van der Waals surface area contributed by atoms with Crippen molar-refractivity contribution in [3.8, 4) is 5.69 Å². The molecule has 0 atom stereocenters. The Kier molecular flexibility index (Phi) is 9.90. The Balaban J connectivity index is 0.00000280. The molecule has 4 rings (SSSR count). The Labute approximate surface area is 256 Å². The smallest absolute Gasteiger partial charge is 1.00 e. The number of rotatable bonds is 8. The van der Waals surface area contributed by atoms with E-state index in [1.54, 1.807) is 18.2 Å². The van der Waals surface area contributed by atoms with Crippen molar-refractivity contribution in [2.45, 2.75) is 36.5 Å². The fourth-order valence-electron chi connectivity index (χ4n) is 4.00. The van der Waals surface area contributed by atoms with Crippen molar-refractivity contribution in [2.24, 2.45) is 0 Å². The topological polar surface area (TPSA) is 127 Å². The summed E-state index contributed by atoms with van der Waals surface area (Å²) in [6, 6.07) is 16.1. The number of carbonyl (C=O) groups excluding carboxylic acids is 1. The number of aryl methyl sites for hydroxylation is 2. The van der Waals surface area contributed by atoms with Crippen molar-refractivity contribution in [3.63, 3.8) is 0 Å². The van der Waals surface area contributed by atoms with Gasteiger partial charge in [0.2, 0.25) is 0 Å². The van der Waals surface area contributed by atoms with Crippen LogP contribution in [-0.4, -0.2) is 45.2 Å². The second-order valence-corrected chi connectivity index (χ2v) is 12.9. The van der Waals surface area contributed by atoms with Gasteiger partial charge in [-0.25, -0.2) is 31.3 Å². The standard InChI is InChI=1S/C26H27ClN4O5S2.Na.H/c1-4-25-29-22-16-24(37(3,33)34)21(27)15-23(22)31(25)19-9-7-18(8-10-19)13-14-28-26(32)30-38(35,36)20-11-5-17(2)6-12-20;;/h5-12,15-16H,4,13-14H2,1-3H3,(H2,28,30,32);;/q;+1;-1. The van der Waals surface area contributed by atoms with Crippen LogP contribution < -0.4 is 39.6 Å². The number of sulfone groups is 1. The van der Waals surface area contributed by atoms with Gasteiger partial charge in [0.25, 0.3) is 10.0 Å². The van der Waals surface area contributed by atoms with Crippen molar-refractivity contribution in [1.29, 1.82) is 0 Å². The minimum absolute atomic E-state index is 0. The molecular weight excluding hydrogens is 571 g/mol. The van der Waals surface area contributed by atoms with E-state index in [0.717, 1.165) is 28.9 Å². The number of imidazole rings is 1. The number of sulfonamides is 1. The van der Waals surface area contributed by atoms with Gasteiger partial charge < -0.3 is 6.74 Å². The number of nitrogens with zero attached hydrogens (tertiary/aromatic N) is 2. The summed E-state index contributed by atoms with van der Waals surface area (Å²) in [6.45, 7) is 4.03. The summed E-state index contributed by atoms with van der Waals surface area (Å²) in [5.41, 5.74) is 3.89. The van der Waals surface area contributed by atoms with E-state index < -0.39 is 25.9 Å². The first kappa shape index (κ1) is 31.1. The zero-order valence-electron chi connectivity index (χ0n) is 23.0. The molecule has 0 unspecified atom stereocenters. The summed E-state index contributed by atoms with van der Waals surface area (Å²) in [5, 5.41) is 2.70. The summed E-state index contributed by atoms with van der Waals surface area (Å²) in [4.78, 5) is 16.8. The van der Waals surface area contributed by atoms with Crippen LogP contribution in [0.25, 0.3) is 16.7 Å². The summed E-state index contributed by atoms with van der Waals surface area (Å²) >= 11 is 6.29. The van der Waals surface area contributed by atoms with E-state index in [1.165, 1.54) is 18.2 Å². The molecular formula is C26H28ClN4NaO5S2. The number of hydrogen-bond donors (Lipinski definition) is 2. The van der Waals surface area contributed by atoms with Crippen molar-refractivity contribution in [3.05, 3.63) is 82.6 Å². The number of aromatic nitrogens is 2. The molecule has 202 valence electrons. The molecule has 0 spiro atoms. The predicted octanol–water partition coefficient (Wildman–Crippen LogP) is 1.30. The Bertz CT molecular complexity index is 1730. The van der Waals surface area contributed by atoms with E-state index >= 15 is 0 Å². The summed E-state index contributed by atoms with van der Waals surface area (Å²) in [5.74, 6) is 0.752. The molecule has 9 nitrogen and oxygen atoms in total. The van der Waals surface area contributed by atoms with Crippen LogP contribution in [0.1, 0.15) is 25.3 Å². The molecule has 1 aromatic heterocycles. The maximum atomic E-state index is 12.4. The van der Waals surface area contributed by atoms with Crippen LogP contribution in [0.2, 0.25) is 5.02 Å². The molecule has 2 amide bonds. The maximum Gasteiger partial charge on any atom is 1.00 e.